The molecule has 21 heavy (non-hydrogen) atoms. The van der Waals surface area contributed by atoms with Gasteiger partial charge in [-0.1, -0.05) is 18.2 Å². The van der Waals surface area contributed by atoms with E-state index in [-0.39, 0.29) is 12.5 Å². The average Bonchev–Trinajstić information content (AvgIpc) is 2.92. The van der Waals surface area contributed by atoms with Crippen molar-refractivity contribution in [1.82, 2.24) is 9.88 Å². The molecule has 0 aliphatic carbocycles. The first-order valence-corrected chi connectivity index (χ1v) is 7.02. The molecule has 0 bridgehead atoms. The van der Waals surface area contributed by atoms with Gasteiger partial charge in [0.05, 0.1) is 12.1 Å². The molecule has 0 spiro atoms. The van der Waals surface area contributed by atoms with Crippen molar-refractivity contribution in [3.63, 3.8) is 0 Å². The lowest BCUT2D eigenvalue weighted by atomic mass is 10.2. The zero-order valence-corrected chi connectivity index (χ0v) is 12.3. The van der Waals surface area contributed by atoms with Crippen LogP contribution in [0.15, 0.2) is 41.0 Å². The first-order chi connectivity index (χ1) is 10.1. The molecular formula is C16H20N2O3. The van der Waals surface area contributed by atoms with E-state index in [2.05, 4.69) is 9.88 Å². The second-order valence-electron chi connectivity index (χ2n) is 5.22. The molecule has 1 N–H and O–H groups in total. The van der Waals surface area contributed by atoms with Crippen LogP contribution in [0.25, 0.3) is 11.5 Å². The van der Waals surface area contributed by atoms with Crippen LogP contribution < -0.4 is 0 Å². The molecular weight excluding hydrogens is 268 g/mol. The highest BCUT2D eigenvalue weighted by atomic mass is 16.4. The zero-order chi connectivity index (χ0) is 15.2. The summed E-state index contributed by atoms with van der Waals surface area (Å²) in [5.41, 5.74) is 1.75. The number of benzene rings is 1. The second kappa shape index (κ2) is 7.04. The largest absolute Gasteiger partial charge is 0.481 e. The van der Waals surface area contributed by atoms with Crippen molar-refractivity contribution in [3.8, 4) is 11.5 Å². The Labute approximate surface area is 124 Å². The van der Waals surface area contributed by atoms with Crippen LogP contribution in [0.5, 0.6) is 0 Å². The maximum absolute atomic E-state index is 10.7. The van der Waals surface area contributed by atoms with Gasteiger partial charge in [-0.25, -0.2) is 4.98 Å². The number of oxazole rings is 1. The van der Waals surface area contributed by atoms with E-state index in [4.69, 9.17) is 9.52 Å². The van der Waals surface area contributed by atoms with Gasteiger partial charge in [0.2, 0.25) is 5.89 Å². The third-order valence-electron chi connectivity index (χ3n) is 3.28. The van der Waals surface area contributed by atoms with Crippen molar-refractivity contribution in [2.75, 3.05) is 6.54 Å². The Morgan fingerprint density at radius 3 is 2.67 bits per heavy atom. The van der Waals surface area contributed by atoms with Crippen LogP contribution in [0.3, 0.4) is 0 Å². The highest BCUT2D eigenvalue weighted by Gasteiger charge is 2.14. The Bertz CT molecular complexity index is 578. The number of rotatable bonds is 7. The van der Waals surface area contributed by atoms with Gasteiger partial charge in [0, 0.05) is 24.7 Å². The first kappa shape index (κ1) is 15.3. The predicted octanol–water partition coefficient (Wildman–Crippen LogP) is 3.03. The number of carboxylic acid groups (broad SMARTS) is 1. The summed E-state index contributed by atoms with van der Waals surface area (Å²) in [5, 5.41) is 8.80. The summed E-state index contributed by atoms with van der Waals surface area (Å²) in [7, 11) is 0. The van der Waals surface area contributed by atoms with E-state index in [1.54, 1.807) is 6.26 Å². The molecule has 0 unspecified atom stereocenters. The van der Waals surface area contributed by atoms with Crippen molar-refractivity contribution >= 4 is 5.97 Å². The number of nitrogens with zero attached hydrogens (tertiary/aromatic N) is 2. The maximum Gasteiger partial charge on any atom is 0.304 e. The molecule has 0 aliphatic heterocycles. The molecule has 1 aromatic carbocycles. The summed E-state index contributed by atoms with van der Waals surface area (Å²) in [6.07, 6.45) is 1.76. The van der Waals surface area contributed by atoms with Gasteiger partial charge in [-0.15, -0.1) is 0 Å². The van der Waals surface area contributed by atoms with Crippen LogP contribution in [0, 0.1) is 0 Å². The van der Waals surface area contributed by atoms with Crippen molar-refractivity contribution < 1.29 is 14.3 Å². The number of hydrogen-bond acceptors (Lipinski definition) is 4. The molecule has 0 amide bonds. The monoisotopic (exact) mass is 288 g/mol. The van der Waals surface area contributed by atoms with E-state index in [0.717, 1.165) is 11.3 Å². The number of carboxylic acids is 1. The molecule has 2 aromatic rings. The summed E-state index contributed by atoms with van der Waals surface area (Å²) < 4.78 is 5.50. The van der Waals surface area contributed by atoms with Crippen LogP contribution in [-0.4, -0.2) is 33.5 Å². The lowest BCUT2D eigenvalue weighted by Crippen LogP contribution is -2.32. The predicted molar refractivity (Wildman–Crippen MR) is 79.7 cm³/mol. The Balaban J connectivity index is 2.04. The summed E-state index contributed by atoms with van der Waals surface area (Å²) >= 11 is 0. The molecule has 5 nitrogen and oxygen atoms in total. The van der Waals surface area contributed by atoms with E-state index in [0.29, 0.717) is 19.0 Å². The normalized spacial score (nSPS) is 11.2. The minimum atomic E-state index is -0.786. The highest BCUT2D eigenvalue weighted by molar-refractivity contribution is 5.66. The molecule has 0 fully saturated rings. The standard InChI is InChI=1S/C16H20N2O3/c1-12(2)18(9-8-15(19)20)10-14-11-21-16(17-14)13-6-4-3-5-7-13/h3-7,11-12H,8-10H2,1-2H3,(H,19,20). The minimum Gasteiger partial charge on any atom is -0.481 e. The third kappa shape index (κ3) is 4.43. The fourth-order valence-corrected chi connectivity index (χ4v) is 2.06. The Morgan fingerprint density at radius 2 is 2.05 bits per heavy atom. The highest BCUT2D eigenvalue weighted by Crippen LogP contribution is 2.19. The Morgan fingerprint density at radius 1 is 1.33 bits per heavy atom. The number of aliphatic carboxylic acids is 1. The fraction of sp³-hybridized carbons (Fsp3) is 0.375. The fourth-order valence-electron chi connectivity index (χ4n) is 2.06. The number of hydrogen-bond donors (Lipinski definition) is 1. The third-order valence-corrected chi connectivity index (χ3v) is 3.28. The smallest absolute Gasteiger partial charge is 0.304 e. The summed E-state index contributed by atoms with van der Waals surface area (Å²) in [5.74, 6) is -0.196. The minimum absolute atomic E-state index is 0.127. The molecule has 0 saturated heterocycles. The van der Waals surface area contributed by atoms with Crippen LogP contribution in [0.1, 0.15) is 26.0 Å². The van der Waals surface area contributed by atoms with E-state index >= 15 is 0 Å². The van der Waals surface area contributed by atoms with E-state index in [9.17, 15) is 4.79 Å². The Hall–Kier alpha value is -2.14. The topological polar surface area (TPSA) is 66.6 Å². The van der Waals surface area contributed by atoms with Gasteiger partial charge in [0.15, 0.2) is 0 Å². The van der Waals surface area contributed by atoms with Gasteiger partial charge in [-0.2, -0.15) is 0 Å². The van der Waals surface area contributed by atoms with Crippen molar-refractivity contribution in [3.05, 3.63) is 42.3 Å². The van der Waals surface area contributed by atoms with Gasteiger partial charge in [0.25, 0.3) is 0 Å². The van der Waals surface area contributed by atoms with E-state index in [1.807, 2.05) is 44.2 Å². The van der Waals surface area contributed by atoms with E-state index < -0.39 is 5.97 Å². The van der Waals surface area contributed by atoms with Gasteiger partial charge in [-0.05, 0) is 26.0 Å². The summed E-state index contributed by atoms with van der Waals surface area (Å²) in [6, 6.07) is 9.96. The van der Waals surface area contributed by atoms with Crippen LogP contribution in [0.4, 0.5) is 0 Å². The second-order valence-corrected chi connectivity index (χ2v) is 5.22. The first-order valence-electron chi connectivity index (χ1n) is 7.02. The molecule has 0 atom stereocenters. The molecule has 0 radical (unpaired) electrons. The number of aromatic nitrogens is 1. The van der Waals surface area contributed by atoms with Crippen molar-refractivity contribution in [1.29, 1.82) is 0 Å². The van der Waals surface area contributed by atoms with Crippen LogP contribution >= 0.6 is 0 Å². The quantitative estimate of drug-likeness (QED) is 0.848. The number of carbonyl (C=O) groups is 1. The molecule has 1 aromatic heterocycles. The van der Waals surface area contributed by atoms with Gasteiger partial charge < -0.3 is 9.52 Å². The van der Waals surface area contributed by atoms with Crippen LogP contribution in [-0.2, 0) is 11.3 Å². The lowest BCUT2D eigenvalue weighted by molar-refractivity contribution is -0.137. The molecule has 112 valence electrons. The summed E-state index contributed by atoms with van der Waals surface area (Å²) in [6.45, 7) is 5.17. The van der Waals surface area contributed by atoms with Gasteiger partial charge in [0.1, 0.15) is 6.26 Å². The van der Waals surface area contributed by atoms with Gasteiger partial charge >= 0.3 is 5.97 Å². The molecule has 5 heteroatoms. The molecule has 0 aliphatic rings. The molecule has 2 rings (SSSR count). The van der Waals surface area contributed by atoms with Crippen molar-refractivity contribution in [2.45, 2.75) is 32.9 Å². The van der Waals surface area contributed by atoms with Gasteiger partial charge in [-0.3, -0.25) is 9.69 Å². The van der Waals surface area contributed by atoms with E-state index in [1.165, 1.54) is 0 Å². The SMILES string of the molecule is CC(C)N(CCC(=O)O)Cc1coc(-c2ccccc2)n1. The average molecular weight is 288 g/mol. The summed E-state index contributed by atoms with van der Waals surface area (Å²) in [4.78, 5) is 17.3. The van der Waals surface area contributed by atoms with Crippen molar-refractivity contribution in [2.24, 2.45) is 0 Å². The Kier molecular flexibility index (Phi) is 5.11. The maximum atomic E-state index is 10.7. The zero-order valence-electron chi connectivity index (χ0n) is 12.3. The molecule has 1 heterocycles. The lowest BCUT2D eigenvalue weighted by Gasteiger charge is -2.24. The molecule has 0 saturated carbocycles. The van der Waals surface area contributed by atoms with Crippen LogP contribution in [0.2, 0.25) is 0 Å².